The van der Waals surface area contributed by atoms with Crippen molar-refractivity contribution in [3.05, 3.63) is 0 Å². The lowest BCUT2D eigenvalue weighted by atomic mass is 10.1. The largest absolute Gasteiger partial charge is 0.463 e. The molecule has 0 saturated carbocycles. The Morgan fingerprint density at radius 3 is 1.30 bits per heavy atom. The van der Waals surface area contributed by atoms with E-state index in [2.05, 4.69) is 0 Å². The highest BCUT2D eigenvalue weighted by Crippen LogP contribution is 2.28. The number of hydrogen-bond donors (Lipinski definition) is 0. The van der Waals surface area contributed by atoms with E-state index in [0.29, 0.717) is 0 Å². The molecular formula is C14H20O9. The van der Waals surface area contributed by atoms with Crippen LogP contribution in [0.15, 0.2) is 0 Å². The third-order valence-electron chi connectivity index (χ3n) is 2.91. The van der Waals surface area contributed by atoms with Gasteiger partial charge in [0.1, 0.15) is 25.4 Å². The maximum atomic E-state index is 11.3. The van der Waals surface area contributed by atoms with E-state index in [0.717, 1.165) is 0 Å². The van der Waals surface area contributed by atoms with Crippen LogP contribution in [0.25, 0.3) is 0 Å². The summed E-state index contributed by atoms with van der Waals surface area (Å²) >= 11 is 0. The molecule has 0 aromatic heterocycles. The average molecular weight is 332 g/mol. The number of carbonyl (C=O) groups is 4. The summed E-state index contributed by atoms with van der Waals surface area (Å²) in [5.74, 6) is -2.31. The van der Waals surface area contributed by atoms with Crippen molar-refractivity contribution in [3.8, 4) is 0 Å². The molecular weight excluding hydrogens is 312 g/mol. The Labute approximate surface area is 133 Å². The second kappa shape index (κ2) is 8.47. The smallest absolute Gasteiger partial charge is 0.303 e. The fourth-order valence-corrected chi connectivity index (χ4v) is 2.14. The van der Waals surface area contributed by atoms with Gasteiger partial charge in [0.15, 0.2) is 12.2 Å². The second-order valence-electron chi connectivity index (χ2n) is 4.97. The molecule has 0 amide bonds. The highest BCUT2D eigenvalue weighted by atomic mass is 16.7. The fourth-order valence-electron chi connectivity index (χ4n) is 2.14. The SMILES string of the molecule is CC(=O)OC[C@H]1O[C@H](COC(C)=O)C(OC(C)=O)C1OC(C)=O. The molecule has 0 bridgehead atoms. The second-order valence-corrected chi connectivity index (χ2v) is 4.97. The van der Waals surface area contributed by atoms with Crippen LogP contribution in [0.1, 0.15) is 27.7 Å². The number of rotatable bonds is 6. The molecule has 0 radical (unpaired) electrons. The summed E-state index contributed by atoms with van der Waals surface area (Å²) in [4.78, 5) is 44.4. The number of hydrogen-bond acceptors (Lipinski definition) is 9. The number of esters is 4. The lowest BCUT2D eigenvalue weighted by molar-refractivity contribution is -0.166. The predicted molar refractivity (Wildman–Crippen MR) is 73.0 cm³/mol. The average Bonchev–Trinajstić information content (AvgIpc) is 2.71. The van der Waals surface area contributed by atoms with Crippen molar-refractivity contribution in [2.75, 3.05) is 13.2 Å². The highest BCUT2D eigenvalue weighted by molar-refractivity contribution is 5.68. The van der Waals surface area contributed by atoms with Gasteiger partial charge in [-0.1, -0.05) is 0 Å². The summed E-state index contributed by atoms with van der Waals surface area (Å²) in [5, 5.41) is 0. The molecule has 0 aliphatic carbocycles. The molecule has 0 N–H and O–H groups in total. The molecule has 1 rings (SSSR count). The van der Waals surface area contributed by atoms with Gasteiger partial charge in [-0.15, -0.1) is 0 Å². The van der Waals surface area contributed by atoms with Crippen LogP contribution in [0.3, 0.4) is 0 Å². The van der Waals surface area contributed by atoms with Gasteiger partial charge in [0.2, 0.25) is 0 Å². The van der Waals surface area contributed by atoms with E-state index in [1.807, 2.05) is 0 Å². The molecule has 0 spiro atoms. The van der Waals surface area contributed by atoms with Crippen molar-refractivity contribution in [1.82, 2.24) is 0 Å². The summed E-state index contributed by atoms with van der Waals surface area (Å²) < 4.78 is 25.6. The van der Waals surface area contributed by atoms with Crippen LogP contribution < -0.4 is 0 Å². The molecule has 9 heteroatoms. The van der Waals surface area contributed by atoms with Crippen molar-refractivity contribution in [1.29, 1.82) is 0 Å². The molecule has 9 nitrogen and oxygen atoms in total. The normalized spacial score (nSPS) is 26.3. The molecule has 0 aromatic rings. The summed E-state index contributed by atoms with van der Waals surface area (Å²) in [5.41, 5.74) is 0. The lowest BCUT2D eigenvalue weighted by Gasteiger charge is -2.23. The minimum atomic E-state index is -0.976. The third-order valence-corrected chi connectivity index (χ3v) is 2.91. The lowest BCUT2D eigenvalue weighted by Crippen LogP contribution is -2.42. The van der Waals surface area contributed by atoms with Gasteiger partial charge in [0, 0.05) is 27.7 Å². The van der Waals surface area contributed by atoms with E-state index >= 15 is 0 Å². The quantitative estimate of drug-likeness (QED) is 0.479. The first-order valence-electron chi connectivity index (χ1n) is 6.97. The molecule has 4 atom stereocenters. The van der Waals surface area contributed by atoms with Gasteiger partial charge in [-0.25, -0.2) is 0 Å². The van der Waals surface area contributed by atoms with Crippen LogP contribution in [0.2, 0.25) is 0 Å². The first kappa shape index (κ1) is 18.9. The van der Waals surface area contributed by atoms with E-state index in [9.17, 15) is 19.2 Å². The summed E-state index contributed by atoms with van der Waals surface area (Å²) in [7, 11) is 0. The van der Waals surface area contributed by atoms with Crippen LogP contribution >= 0.6 is 0 Å². The van der Waals surface area contributed by atoms with E-state index in [-0.39, 0.29) is 13.2 Å². The molecule has 130 valence electrons. The fraction of sp³-hybridized carbons (Fsp3) is 0.714. The van der Waals surface area contributed by atoms with Crippen LogP contribution in [-0.4, -0.2) is 61.5 Å². The summed E-state index contributed by atoms with van der Waals surface area (Å²) in [6.45, 7) is 4.43. The van der Waals surface area contributed by atoms with Gasteiger partial charge >= 0.3 is 23.9 Å². The monoisotopic (exact) mass is 332 g/mol. The molecule has 1 aliphatic heterocycles. The maximum absolute atomic E-state index is 11.3. The Morgan fingerprint density at radius 2 is 1.04 bits per heavy atom. The van der Waals surface area contributed by atoms with E-state index in [4.69, 9.17) is 23.7 Å². The number of carbonyl (C=O) groups excluding carboxylic acids is 4. The molecule has 0 aromatic carbocycles. The maximum Gasteiger partial charge on any atom is 0.303 e. The van der Waals surface area contributed by atoms with Crippen molar-refractivity contribution < 1.29 is 42.9 Å². The van der Waals surface area contributed by atoms with Crippen molar-refractivity contribution in [3.63, 3.8) is 0 Å². The summed E-state index contributed by atoms with van der Waals surface area (Å²) in [6.07, 6.45) is -3.63. The predicted octanol–water partition coefficient (Wildman–Crippen LogP) is -0.257. The highest BCUT2D eigenvalue weighted by Gasteiger charge is 2.49. The zero-order valence-electron chi connectivity index (χ0n) is 13.4. The van der Waals surface area contributed by atoms with Gasteiger partial charge in [-0.05, 0) is 0 Å². The third kappa shape index (κ3) is 6.23. The van der Waals surface area contributed by atoms with Gasteiger partial charge in [0.25, 0.3) is 0 Å². The van der Waals surface area contributed by atoms with Crippen LogP contribution in [0.4, 0.5) is 0 Å². The Morgan fingerprint density at radius 1 is 0.696 bits per heavy atom. The molecule has 1 saturated heterocycles. The minimum absolute atomic E-state index is 0.193. The van der Waals surface area contributed by atoms with E-state index < -0.39 is 48.3 Å². The summed E-state index contributed by atoms with van der Waals surface area (Å²) in [6, 6.07) is 0. The topological polar surface area (TPSA) is 114 Å². The molecule has 1 heterocycles. The van der Waals surface area contributed by atoms with Crippen LogP contribution in [-0.2, 0) is 42.9 Å². The van der Waals surface area contributed by atoms with E-state index in [1.54, 1.807) is 0 Å². The zero-order valence-corrected chi connectivity index (χ0v) is 13.4. The van der Waals surface area contributed by atoms with Gasteiger partial charge < -0.3 is 23.7 Å². The number of ether oxygens (including phenoxy) is 5. The van der Waals surface area contributed by atoms with Crippen molar-refractivity contribution in [2.45, 2.75) is 52.1 Å². The molecule has 1 aliphatic rings. The Hall–Kier alpha value is -2.16. The Kier molecular flexibility index (Phi) is 6.95. The van der Waals surface area contributed by atoms with Crippen LogP contribution in [0, 0.1) is 0 Å². The molecule has 23 heavy (non-hydrogen) atoms. The standard InChI is InChI=1S/C14H20O9/c1-7(15)19-5-11-13(21-9(3)17)14(22-10(4)18)12(23-11)6-20-8(2)16/h11-14H,5-6H2,1-4H3/t11-,12-,13?,14?/m1/s1. The molecule has 1 fully saturated rings. The van der Waals surface area contributed by atoms with Crippen molar-refractivity contribution >= 4 is 23.9 Å². The van der Waals surface area contributed by atoms with Crippen molar-refractivity contribution in [2.24, 2.45) is 0 Å². The minimum Gasteiger partial charge on any atom is -0.463 e. The Bertz CT molecular complexity index is 431. The van der Waals surface area contributed by atoms with E-state index in [1.165, 1.54) is 27.7 Å². The Balaban J connectivity index is 2.91. The van der Waals surface area contributed by atoms with Gasteiger partial charge in [0.05, 0.1) is 0 Å². The first-order chi connectivity index (χ1) is 10.7. The first-order valence-corrected chi connectivity index (χ1v) is 6.97. The van der Waals surface area contributed by atoms with Gasteiger partial charge in [-0.2, -0.15) is 0 Å². The molecule has 2 unspecified atom stereocenters. The van der Waals surface area contributed by atoms with Crippen LogP contribution in [0.5, 0.6) is 0 Å². The zero-order chi connectivity index (χ0) is 17.6. The van der Waals surface area contributed by atoms with Gasteiger partial charge in [-0.3, -0.25) is 19.2 Å².